The molecule has 1 N–H and O–H groups in total. The number of thioether (sulfide) groups is 2. The largest absolute Gasteiger partial charge is 0.446 e. The van der Waals surface area contributed by atoms with Gasteiger partial charge in [-0.1, -0.05) is 6.07 Å². The van der Waals surface area contributed by atoms with Crippen molar-refractivity contribution in [2.75, 3.05) is 30.2 Å². The molecule has 0 fully saturated rings. The Balaban J connectivity index is 2.27. The highest BCUT2D eigenvalue weighted by Gasteiger charge is 2.29. The van der Waals surface area contributed by atoms with Gasteiger partial charge in [0, 0.05) is 34.0 Å². The Kier molecular flexibility index (Phi) is 6.92. The van der Waals surface area contributed by atoms with Gasteiger partial charge in [0.15, 0.2) is 0 Å². The molecule has 2 rings (SSSR count). The quantitative estimate of drug-likeness (QED) is 0.327. The fourth-order valence-electron chi connectivity index (χ4n) is 2.23. The number of nitrogens with zero attached hydrogens (tertiary/aromatic N) is 2. The summed E-state index contributed by atoms with van der Waals surface area (Å²) in [4.78, 5) is 4.35. The van der Waals surface area contributed by atoms with Crippen molar-refractivity contribution < 1.29 is 13.2 Å². The van der Waals surface area contributed by atoms with Gasteiger partial charge in [-0.15, -0.1) is 11.8 Å². The van der Waals surface area contributed by atoms with Crippen LogP contribution in [0.25, 0.3) is 0 Å². The molecule has 2 aromatic carbocycles. The molecule has 0 aromatic heterocycles. The van der Waals surface area contributed by atoms with E-state index in [2.05, 4.69) is 15.9 Å². The third-order valence-corrected chi connectivity index (χ3v) is 5.71. The first-order chi connectivity index (χ1) is 12.1. The van der Waals surface area contributed by atoms with E-state index in [1.807, 2.05) is 30.5 Å². The van der Waals surface area contributed by atoms with Crippen molar-refractivity contribution in [3.8, 4) is 0 Å². The molecule has 0 bridgehead atoms. The van der Waals surface area contributed by atoms with Crippen molar-refractivity contribution in [2.45, 2.75) is 15.3 Å². The van der Waals surface area contributed by atoms with Crippen LogP contribution in [0.15, 0.2) is 56.7 Å². The Morgan fingerprint density at radius 2 is 1.73 bits per heavy atom. The van der Waals surface area contributed by atoms with E-state index < -0.39 is 5.51 Å². The molecule has 0 aliphatic carbocycles. The molecule has 0 aliphatic heterocycles. The normalized spacial score (nSPS) is 11.3. The van der Waals surface area contributed by atoms with Crippen LogP contribution in [0.3, 0.4) is 0 Å². The average molecular weight is 464 g/mol. The van der Waals surface area contributed by atoms with Crippen molar-refractivity contribution >= 4 is 56.8 Å². The van der Waals surface area contributed by atoms with E-state index in [1.54, 1.807) is 36.8 Å². The van der Waals surface area contributed by atoms with Crippen molar-refractivity contribution in [1.82, 2.24) is 0 Å². The molecule has 140 valence electrons. The van der Waals surface area contributed by atoms with E-state index in [-0.39, 0.29) is 22.6 Å². The van der Waals surface area contributed by atoms with Gasteiger partial charge < -0.3 is 9.80 Å². The Morgan fingerprint density at radius 3 is 2.35 bits per heavy atom. The molecule has 0 saturated carbocycles. The molecular weight excluding hydrogens is 447 g/mol. The molecule has 0 atom stereocenters. The first-order valence-corrected chi connectivity index (χ1v) is 10.2. The second-order valence-electron chi connectivity index (χ2n) is 5.30. The summed E-state index contributed by atoms with van der Waals surface area (Å²) in [6, 6.07) is 12.1. The van der Waals surface area contributed by atoms with Crippen LogP contribution in [0.2, 0.25) is 0 Å². The lowest BCUT2D eigenvalue weighted by atomic mass is 10.3. The Bertz CT molecular complexity index is 799. The number of hydrogen-bond donors (Lipinski definition) is 1. The smallest absolute Gasteiger partial charge is 0.315 e. The van der Waals surface area contributed by atoms with E-state index in [1.165, 1.54) is 17.0 Å². The molecule has 2 aromatic rings. The van der Waals surface area contributed by atoms with Gasteiger partial charge in [-0.25, -0.2) is 0 Å². The highest BCUT2D eigenvalue weighted by atomic mass is 79.9. The number of alkyl halides is 3. The maximum Gasteiger partial charge on any atom is 0.446 e. The molecule has 0 heterocycles. The van der Waals surface area contributed by atoms with Crippen LogP contribution in [0.1, 0.15) is 0 Å². The molecule has 3 nitrogen and oxygen atoms in total. The minimum atomic E-state index is -4.35. The number of halogens is 4. The van der Waals surface area contributed by atoms with Gasteiger partial charge in [-0.05, 0) is 70.3 Å². The molecule has 0 unspecified atom stereocenters. The van der Waals surface area contributed by atoms with Crippen LogP contribution >= 0.6 is 39.5 Å². The molecule has 0 spiro atoms. The molecule has 26 heavy (non-hydrogen) atoms. The zero-order valence-corrected chi connectivity index (χ0v) is 17.5. The van der Waals surface area contributed by atoms with E-state index in [0.717, 1.165) is 10.6 Å². The fourth-order valence-corrected chi connectivity index (χ4v) is 3.77. The van der Waals surface area contributed by atoms with Crippen LogP contribution in [0.5, 0.6) is 0 Å². The van der Waals surface area contributed by atoms with Crippen LogP contribution in [0, 0.1) is 5.41 Å². The van der Waals surface area contributed by atoms with E-state index in [4.69, 9.17) is 5.41 Å². The molecule has 9 heteroatoms. The molecule has 0 amide bonds. The molecule has 0 saturated heterocycles. The predicted molar refractivity (Wildman–Crippen MR) is 109 cm³/mol. The number of anilines is 2. The number of benzene rings is 2. The van der Waals surface area contributed by atoms with Crippen LogP contribution in [-0.2, 0) is 0 Å². The predicted octanol–water partition coefficient (Wildman–Crippen LogP) is 6.29. The molecule has 0 radical (unpaired) electrons. The van der Waals surface area contributed by atoms with Gasteiger partial charge >= 0.3 is 5.51 Å². The summed E-state index contributed by atoms with van der Waals surface area (Å²) in [6.45, 7) is 0. The van der Waals surface area contributed by atoms with Crippen LogP contribution in [0.4, 0.5) is 24.5 Å². The third kappa shape index (κ3) is 5.34. The standard InChI is InChI=1S/C17H17BrF3N3S2/c1-23(11-5-4-6-12(9-11)25-3)16(22)24(2)15-10-13(7-8-14(15)18)26-17(19,20)21/h4-10,22H,1-3H3. The summed E-state index contributed by atoms with van der Waals surface area (Å²) < 4.78 is 38.5. The number of hydrogen-bond acceptors (Lipinski definition) is 3. The average Bonchev–Trinajstić information content (AvgIpc) is 2.60. The van der Waals surface area contributed by atoms with Gasteiger partial charge in [0.1, 0.15) is 0 Å². The van der Waals surface area contributed by atoms with Gasteiger partial charge in [0.05, 0.1) is 5.69 Å². The maximum atomic E-state index is 12.6. The van der Waals surface area contributed by atoms with E-state index in [9.17, 15) is 13.2 Å². The number of nitrogens with one attached hydrogen (secondary N) is 1. The highest BCUT2D eigenvalue weighted by Crippen LogP contribution is 2.40. The maximum absolute atomic E-state index is 12.6. The SMILES string of the molecule is CSc1cccc(N(C)C(=N)N(C)c2cc(SC(F)(F)F)ccc2Br)c1. The Morgan fingerprint density at radius 1 is 1.04 bits per heavy atom. The minimum absolute atomic E-state index is 0.0717. The first kappa shape index (κ1) is 21.0. The highest BCUT2D eigenvalue weighted by molar-refractivity contribution is 9.10. The molecule has 0 aliphatic rings. The van der Waals surface area contributed by atoms with Gasteiger partial charge in [0.2, 0.25) is 5.96 Å². The van der Waals surface area contributed by atoms with Crippen LogP contribution in [-0.4, -0.2) is 31.8 Å². The van der Waals surface area contributed by atoms with Crippen molar-refractivity contribution in [3.05, 3.63) is 46.9 Å². The number of rotatable bonds is 4. The Labute approximate surface area is 167 Å². The van der Waals surface area contributed by atoms with Crippen LogP contribution < -0.4 is 9.80 Å². The van der Waals surface area contributed by atoms with Crippen molar-refractivity contribution in [2.24, 2.45) is 0 Å². The second-order valence-corrected chi connectivity index (χ2v) is 8.18. The zero-order chi connectivity index (χ0) is 19.5. The van der Waals surface area contributed by atoms with E-state index >= 15 is 0 Å². The Hall–Kier alpha value is -1.32. The minimum Gasteiger partial charge on any atom is -0.315 e. The summed E-state index contributed by atoms with van der Waals surface area (Å²) in [7, 11) is 3.40. The second kappa shape index (κ2) is 8.58. The topological polar surface area (TPSA) is 30.3 Å². The zero-order valence-electron chi connectivity index (χ0n) is 14.3. The monoisotopic (exact) mass is 463 g/mol. The summed E-state index contributed by atoms with van der Waals surface area (Å²) >= 11 is 4.78. The fraction of sp³-hybridized carbons (Fsp3) is 0.235. The van der Waals surface area contributed by atoms with Crippen molar-refractivity contribution in [1.29, 1.82) is 5.41 Å². The van der Waals surface area contributed by atoms with E-state index in [0.29, 0.717) is 10.2 Å². The third-order valence-electron chi connectivity index (χ3n) is 3.59. The lowest BCUT2D eigenvalue weighted by molar-refractivity contribution is -0.0328. The first-order valence-electron chi connectivity index (χ1n) is 7.37. The summed E-state index contributed by atoms with van der Waals surface area (Å²) in [5, 5.41) is 8.45. The lowest BCUT2D eigenvalue weighted by Gasteiger charge is -2.29. The van der Waals surface area contributed by atoms with Gasteiger partial charge in [-0.3, -0.25) is 5.41 Å². The number of guanidine groups is 1. The summed E-state index contributed by atoms with van der Waals surface area (Å²) in [5.41, 5.74) is -3.05. The van der Waals surface area contributed by atoms with Gasteiger partial charge in [-0.2, -0.15) is 13.2 Å². The summed E-state index contributed by atoms with van der Waals surface area (Å²) in [5.74, 6) is 0.137. The lowest BCUT2D eigenvalue weighted by Crippen LogP contribution is -2.39. The van der Waals surface area contributed by atoms with Gasteiger partial charge in [0.25, 0.3) is 0 Å². The van der Waals surface area contributed by atoms with Crippen molar-refractivity contribution in [3.63, 3.8) is 0 Å². The molecular formula is C17H17BrF3N3S2. The summed E-state index contributed by atoms with van der Waals surface area (Å²) in [6.07, 6.45) is 1.97.